The number of aliphatic hydroxyl groups is 1. The molecule has 0 aliphatic rings. The quantitative estimate of drug-likeness (QED) is 0.942. The lowest BCUT2D eigenvalue weighted by Gasteiger charge is -2.13. The zero-order chi connectivity index (χ0) is 16.3. The van der Waals surface area contributed by atoms with Crippen molar-refractivity contribution >= 4 is 0 Å². The summed E-state index contributed by atoms with van der Waals surface area (Å²) in [4.78, 5) is 0. The van der Waals surface area contributed by atoms with Gasteiger partial charge in [0.25, 0.3) is 0 Å². The number of rotatable bonds is 4. The molecule has 0 spiro atoms. The summed E-state index contributed by atoms with van der Waals surface area (Å²) in [7, 11) is 0. The zero-order valence-corrected chi connectivity index (χ0v) is 12.1. The van der Waals surface area contributed by atoms with E-state index in [4.69, 9.17) is 4.74 Å². The minimum absolute atomic E-state index is 0.122. The van der Waals surface area contributed by atoms with Crippen LogP contribution in [0.3, 0.4) is 0 Å². The van der Waals surface area contributed by atoms with Crippen molar-refractivity contribution in [2.45, 2.75) is 26.1 Å². The Bertz CT molecular complexity index is 642. The zero-order valence-electron chi connectivity index (χ0n) is 12.1. The molecule has 22 heavy (non-hydrogen) atoms. The van der Waals surface area contributed by atoms with Crippen molar-refractivity contribution in [3.63, 3.8) is 0 Å². The first kappa shape index (κ1) is 16.2. The van der Waals surface area contributed by atoms with Gasteiger partial charge in [0.2, 0.25) is 5.88 Å². The first-order valence-corrected chi connectivity index (χ1v) is 6.56. The van der Waals surface area contributed by atoms with Gasteiger partial charge in [-0.05, 0) is 37.1 Å². The average molecular weight is 312 g/mol. The van der Waals surface area contributed by atoms with Gasteiger partial charge in [-0.1, -0.05) is 12.1 Å². The largest absolute Gasteiger partial charge is 0.473 e. The highest BCUT2D eigenvalue weighted by atomic mass is 19.4. The van der Waals surface area contributed by atoms with E-state index in [2.05, 4.69) is 10.2 Å². The van der Waals surface area contributed by atoms with E-state index in [1.165, 1.54) is 12.1 Å². The molecular formula is C15H15F3N2O2. The number of hydrogen-bond acceptors (Lipinski definition) is 4. The Balaban J connectivity index is 2.00. The molecule has 0 aliphatic heterocycles. The van der Waals surface area contributed by atoms with Crippen LogP contribution in [0.5, 0.6) is 5.88 Å². The number of alkyl halides is 3. The lowest BCUT2D eigenvalue weighted by Crippen LogP contribution is -2.12. The molecule has 0 radical (unpaired) electrons. The molecule has 0 fully saturated rings. The van der Waals surface area contributed by atoms with E-state index < -0.39 is 17.8 Å². The third kappa shape index (κ3) is 3.94. The fourth-order valence-electron chi connectivity index (χ4n) is 1.75. The van der Waals surface area contributed by atoms with Crippen molar-refractivity contribution in [2.24, 2.45) is 0 Å². The van der Waals surface area contributed by atoms with E-state index in [1.54, 1.807) is 6.07 Å². The smallest absolute Gasteiger partial charge is 0.416 e. The maximum absolute atomic E-state index is 12.5. The Kier molecular flexibility index (Phi) is 4.65. The summed E-state index contributed by atoms with van der Waals surface area (Å²) in [6, 6.07) is 5.98. The van der Waals surface area contributed by atoms with Gasteiger partial charge in [-0.25, -0.2) is 0 Å². The molecule has 4 nitrogen and oxygen atoms in total. The molecule has 2 rings (SSSR count). The molecule has 0 amide bonds. The van der Waals surface area contributed by atoms with Crippen molar-refractivity contribution in [2.75, 3.05) is 6.61 Å². The summed E-state index contributed by atoms with van der Waals surface area (Å²) in [6.45, 7) is 3.54. The second-order valence-electron chi connectivity index (χ2n) is 4.90. The van der Waals surface area contributed by atoms with Crippen LogP contribution in [0.1, 0.15) is 28.5 Å². The van der Waals surface area contributed by atoms with Gasteiger partial charge < -0.3 is 9.84 Å². The topological polar surface area (TPSA) is 55.2 Å². The maximum Gasteiger partial charge on any atom is 0.416 e. The first-order chi connectivity index (χ1) is 10.3. The molecule has 0 saturated carbocycles. The lowest BCUT2D eigenvalue weighted by atomic mass is 10.1. The summed E-state index contributed by atoms with van der Waals surface area (Å²) >= 11 is 0. The molecule has 7 heteroatoms. The predicted molar refractivity (Wildman–Crippen MR) is 73.4 cm³/mol. The van der Waals surface area contributed by atoms with Gasteiger partial charge in [-0.2, -0.15) is 18.3 Å². The van der Waals surface area contributed by atoms with E-state index in [0.29, 0.717) is 5.56 Å². The highest BCUT2D eigenvalue weighted by Crippen LogP contribution is 2.30. The predicted octanol–water partition coefficient (Wildman–Crippen LogP) is 3.22. The van der Waals surface area contributed by atoms with Crippen LogP contribution in [0, 0.1) is 13.8 Å². The summed E-state index contributed by atoms with van der Waals surface area (Å²) in [5, 5.41) is 17.7. The Labute approximate surface area is 125 Å². The van der Waals surface area contributed by atoms with Gasteiger partial charge in [0, 0.05) is 6.07 Å². The highest BCUT2D eigenvalue weighted by molar-refractivity contribution is 5.26. The van der Waals surface area contributed by atoms with Crippen LogP contribution in [0.25, 0.3) is 0 Å². The fraction of sp³-hybridized carbons (Fsp3) is 0.333. The van der Waals surface area contributed by atoms with Crippen LogP contribution < -0.4 is 4.74 Å². The van der Waals surface area contributed by atoms with Crippen LogP contribution in [-0.4, -0.2) is 21.9 Å². The van der Waals surface area contributed by atoms with Gasteiger partial charge in [0.05, 0.1) is 11.3 Å². The first-order valence-electron chi connectivity index (χ1n) is 6.56. The van der Waals surface area contributed by atoms with Gasteiger partial charge >= 0.3 is 6.18 Å². The standard InChI is InChI=1S/C15H15F3N2O2/c1-9-7-14(20-19-10(9)2)22-8-13(21)11-3-5-12(6-4-11)15(16,17)18/h3-7,13,21H,8H2,1-2H3. The van der Waals surface area contributed by atoms with Crippen molar-refractivity contribution in [1.29, 1.82) is 0 Å². The van der Waals surface area contributed by atoms with Crippen molar-refractivity contribution in [1.82, 2.24) is 10.2 Å². The van der Waals surface area contributed by atoms with Gasteiger partial charge in [-0.15, -0.1) is 5.10 Å². The van der Waals surface area contributed by atoms with E-state index >= 15 is 0 Å². The maximum atomic E-state index is 12.5. The summed E-state index contributed by atoms with van der Waals surface area (Å²) in [5.41, 5.74) is 1.25. The van der Waals surface area contributed by atoms with Gasteiger partial charge in [-0.3, -0.25) is 0 Å². The fourth-order valence-corrected chi connectivity index (χ4v) is 1.75. The lowest BCUT2D eigenvalue weighted by molar-refractivity contribution is -0.137. The molecule has 1 atom stereocenters. The van der Waals surface area contributed by atoms with Gasteiger partial charge in [0.1, 0.15) is 12.7 Å². The van der Waals surface area contributed by atoms with Crippen LogP contribution in [0.2, 0.25) is 0 Å². The van der Waals surface area contributed by atoms with Crippen LogP contribution in [0.4, 0.5) is 13.2 Å². The van der Waals surface area contributed by atoms with E-state index in [1.807, 2.05) is 13.8 Å². The Morgan fingerprint density at radius 3 is 2.32 bits per heavy atom. The number of benzene rings is 1. The number of hydrogen-bond donors (Lipinski definition) is 1. The minimum atomic E-state index is -4.39. The average Bonchev–Trinajstić information content (AvgIpc) is 2.47. The normalized spacial score (nSPS) is 13.0. The summed E-state index contributed by atoms with van der Waals surface area (Å²) in [5.74, 6) is 0.258. The summed E-state index contributed by atoms with van der Waals surface area (Å²) in [6.07, 6.45) is -5.44. The molecule has 2 aromatic rings. The third-order valence-electron chi connectivity index (χ3n) is 3.22. The van der Waals surface area contributed by atoms with Crippen LogP contribution in [0.15, 0.2) is 30.3 Å². The van der Waals surface area contributed by atoms with Crippen LogP contribution >= 0.6 is 0 Å². The Morgan fingerprint density at radius 1 is 1.14 bits per heavy atom. The monoisotopic (exact) mass is 312 g/mol. The van der Waals surface area contributed by atoms with Crippen molar-refractivity contribution in [3.05, 3.63) is 52.7 Å². The van der Waals surface area contributed by atoms with E-state index in [9.17, 15) is 18.3 Å². The number of aryl methyl sites for hydroxylation is 2. The minimum Gasteiger partial charge on any atom is -0.473 e. The number of halogens is 3. The second-order valence-corrected chi connectivity index (χ2v) is 4.90. The molecule has 1 unspecified atom stereocenters. The van der Waals surface area contributed by atoms with Crippen LogP contribution in [-0.2, 0) is 6.18 Å². The number of aromatic nitrogens is 2. The van der Waals surface area contributed by atoms with Gasteiger partial charge in [0.15, 0.2) is 0 Å². The molecule has 1 N–H and O–H groups in total. The second kappa shape index (κ2) is 6.31. The van der Waals surface area contributed by atoms with Crippen molar-refractivity contribution < 1.29 is 23.0 Å². The third-order valence-corrected chi connectivity index (χ3v) is 3.22. The number of aliphatic hydroxyl groups excluding tert-OH is 1. The molecule has 1 aromatic heterocycles. The van der Waals surface area contributed by atoms with E-state index in [-0.39, 0.29) is 12.5 Å². The van der Waals surface area contributed by atoms with E-state index in [0.717, 1.165) is 23.4 Å². The Hall–Kier alpha value is -2.15. The highest BCUT2D eigenvalue weighted by Gasteiger charge is 2.30. The molecule has 1 heterocycles. The molecule has 0 bridgehead atoms. The molecule has 0 aliphatic carbocycles. The number of ether oxygens (including phenoxy) is 1. The van der Waals surface area contributed by atoms with Crippen molar-refractivity contribution in [3.8, 4) is 5.88 Å². The molecule has 0 saturated heterocycles. The Morgan fingerprint density at radius 2 is 1.77 bits per heavy atom. The molecule has 118 valence electrons. The summed E-state index contributed by atoms with van der Waals surface area (Å²) < 4.78 is 42.7. The number of nitrogens with zero attached hydrogens (tertiary/aromatic N) is 2. The molecule has 1 aromatic carbocycles. The SMILES string of the molecule is Cc1cc(OCC(O)c2ccc(C(F)(F)F)cc2)nnc1C. The molecular weight excluding hydrogens is 297 g/mol.